The molecule has 0 aliphatic heterocycles. The number of halogens is 1. The summed E-state index contributed by atoms with van der Waals surface area (Å²) in [4.78, 5) is 3.08. The maximum atomic E-state index is 5.94. The van der Waals surface area contributed by atoms with Gasteiger partial charge in [-0.15, -0.1) is 11.3 Å². The lowest BCUT2D eigenvalue weighted by Gasteiger charge is -2.14. The molecule has 3 heteroatoms. The highest BCUT2D eigenvalue weighted by Crippen LogP contribution is 2.34. The zero-order valence-corrected chi connectivity index (χ0v) is 12.7. The van der Waals surface area contributed by atoms with Crippen LogP contribution in [0.1, 0.15) is 33.3 Å². The van der Waals surface area contributed by atoms with Gasteiger partial charge in [0.15, 0.2) is 0 Å². The van der Waals surface area contributed by atoms with E-state index in [2.05, 4.69) is 23.5 Å². The van der Waals surface area contributed by atoms with Crippen LogP contribution in [0.5, 0.6) is 0 Å². The predicted molar refractivity (Wildman–Crippen MR) is 83.3 cm³/mol. The molecule has 3 rings (SSSR count). The van der Waals surface area contributed by atoms with E-state index in [0.717, 1.165) is 11.4 Å². The van der Waals surface area contributed by atoms with Crippen molar-refractivity contribution in [2.24, 2.45) is 0 Å². The fourth-order valence-electron chi connectivity index (χ4n) is 2.72. The summed E-state index contributed by atoms with van der Waals surface area (Å²) in [5, 5.41) is 4.25. The van der Waals surface area contributed by atoms with Crippen LogP contribution in [0.2, 0.25) is 5.02 Å². The summed E-state index contributed by atoms with van der Waals surface area (Å²) in [6.07, 6.45) is 4.90. The first kappa shape index (κ1) is 13.2. The van der Waals surface area contributed by atoms with Crippen molar-refractivity contribution in [2.45, 2.75) is 31.7 Å². The molecular weight excluding hydrogens is 274 g/mol. The van der Waals surface area contributed by atoms with Crippen LogP contribution < -0.4 is 5.32 Å². The molecule has 0 saturated heterocycles. The van der Waals surface area contributed by atoms with Gasteiger partial charge < -0.3 is 5.32 Å². The first-order chi connectivity index (χ1) is 9.26. The zero-order chi connectivity index (χ0) is 13.2. The molecule has 1 nitrogen and oxygen atoms in total. The molecule has 0 bridgehead atoms. The summed E-state index contributed by atoms with van der Waals surface area (Å²) in [6.45, 7) is 0. The highest BCUT2D eigenvalue weighted by molar-refractivity contribution is 7.12. The molecule has 1 aromatic carbocycles. The average molecular weight is 292 g/mol. The Morgan fingerprint density at radius 1 is 1.26 bits per heavy atom. The highest BCUT2D eigenvalue weighted by Gasteiger charge is 2.19. The number of hydrogen-bond acceptors (Lipinski definition) is 2. The SMILES string of the molecule is CNC(Cc1ccc(Cl)cc1)c1cc2c(s1)CCC2. The van der Waals surface area contributed by atoms with E-state index < -0.39 is 0 Å². The van der Waals surface area contributed by atoms with E-state index in [4.69, 9.17) is 11.6 Å². The van der Waals surface area contributed by atoms with Gasteiger partial charge in [-0.3, -0.25) is 0 Å². The van der Waals surface area contributed by atoms with Gasteiger partial charge in [0.25, 0.3) is 0 Å². The second-order valence-electron chi connectivity index (χ2n) is 5.12. The smallest absolute Gasteiger partial charge is 0.0453 e. The van der Waals surface area contributed by atoms with Crippen molar-refractivity contribution in [1.29, 1.82) is 0 Å². The quantitative estimate of drug-likeness (QED) is 0.881. The Morgan fingerprint density at radius 2 is 2.05 bits per heavy atom. The summed E-state index contributed by atoms with van der Waals surface area (Å²) in [5.74, 6) is 0. The summed E-state index contributed by atoms with van der Waals surface area (Å²) in [5.41, 5.74) is 2.91. The van der Waals surface area contributed by atoms with E-state index in [-0.39, 0.29) is 0 Å². The number of nitrogens with one attached hydrogen (secondary N) is 1. The van der Waals surface area contributed by atoms with Crippen molar-refractivity contribution in [2.75, 3.05) is 7.05 Å². The molecule has 0 saturated carbocycles. The Kier molecular flexibility index (Phi) is 3.92. The van der Waals surface area contributed by atoms with E-state index in [0.29, 0.717) is 6.04 Å². The number of likely N-dealkylation sites (N-methyl/N-ethyl adjacent to an activating group) is 1. The van der Waals surface area contributed by atoms with Crippen LogP contribution in [-0.2, 0) is 19.3 Å². The van der Waals surface area contributed by atoms with E-state index in [1.165, 1.54) is 29.7 Å². The van der Waals surface area contributed by atoms with Gasteiger partial charge in [0.05, 0.1) is 0 Å². The molecule has 1 N–H and O–H groups in total. The summed E-state index contributed by atoms with van der Waals surface area (Å²) < 4.78 is 0. The van der Waals surface area contributed by atoms with Gasteiger partial charge in [-0.1, -0.05) is 23.7 Å². The Bertz CT molecular complexity index is 537. The molecule has 1 heterocycles. The van der Waals surface area contributed by atoms with Gasteiger partial charge >= 0.3 is 0 Å². The third kappa shape index (κ3) is 2.86. The van der Waals surface area contributed by atoms with Crippen LogP contribution >= 0.6 is 22.9 Å². The standard InChI is InChI=1S/C16H18ClNS/c1-18-14(9-11-5-7-13(17)8-6-11)16-10-12-3-2-4-15(12)19-16/h5-8,10,14,18H,2-4,9H2,1H3. The molecule has 1 aliphatic carbocycles. The van der Waals surface area contributed by atoms with Crippen molar-refractivity contribution in [3.05, 3.63) is 56.2 Å². The number of benzene rings is 1. The molecule has 1 aromatic heterocycles. The number of rotatable bonds is 4. The molecule has 1 atom stereocenters. The lowest BCUT2D eigenvalue weighted by Crippen LogP contribution is -2.17. The van der Waals surface area contributed by atoms with Crippen molar-refractivity contribution in [3.63, 3.8) is 0 Å². The topological polar surface area (TPSA) is 12.0 Å². The van der Waals surface area contributed by atoms with Gasteiger partial charge in [0.2, 0.25) is 0 Å². The van der Waals surface area contributed by atoms with Gasteiger partial charge in [0, 0.05) is 20.8 Å². The van der Waals surface area contributed by atoms with E-state index in [1.54, 1.807) is 10.4 Å². The van der Waals surface area contributed by atoms with Crippen LogP contribution in [0.4, 0.5) is 0 Å². The molecule has 19 heavy (non-hydrogen) atoms. The van der Waals surface area contributed by atoms with Crippen molar-refractivity contribution in [3.8, 4) is 0 Å². The molecule has 100 valence electrons. The fraction of sp³-hybridized carbons (Fsp3) is 0.375. The highest BCUT2D eigenvalue weighted by atomic mass is 35.5. The Balaban J connectivity index is 1.78. The first-order valence-corrected chi connectivity index (χ1v) is 7.99. The predicted octanol–water partition coefficient (Wildman–Crippen LogP) is 4.39. The van der Waals surface area contributed by atoms with Gasteiger partial charge in [-0.05, 0) is 62.1 Å². The minimum Gasteiger partial charge on any atom is -0.312 e. The van der Waals surface area contributed by atoms with Gasteiger partial charge in [-0.25, -0.2) is 0 Å². The second kappa shape index (κ2) is 5.66. The van der Waals surface area contributed by atoms with Gasteiger partial charge in [-0.2, -0.15) is 0 Å². The van der Waals surface area contributed by atoms with Crippen LogP contribution in [0.25, 0.3) is 0 Å². The molecule has 0 radical (unpaired) electrons. The van der Waals surface area contributed by atoms with Crippen molar-refractivity contribution < 1.29 is 0 Å². The lowest BCUT2D eigenvalue weighted by molar-refractivity contribution is 0.601. The number of aryl methyl sites for hydroxylation is 2. The fourth-order valence-corrected chi connectivity index (χ4v) is 4.22. The average Bonchev–Trinajstić information content (AvgIpc) is 2.99. The summed E-state index contributed by atoms with van der Waals surface area (Å²) in [7, 11) is 2.05. The maximum Gasteiger partial charge on any atom is 0.0453 e. The number of fused-ring (bicyclic) bond motifs is 1. The van der Waals surface area contributed by atoms with E-state index >= 15 is 0 Å². The second-order valence-corrected chi connectivity index (χ2v) is 6.73. The first-order valence-electron chi connectivity index (χ1n) is 6.79. The summed E-state index contributed by atoms with van der Waals surface area (Å²) >= 11 is 7.92. The molecular formula is C16H18ClNS. The maximum absolute atomic E-state index is 5.94. The molecule has 0 amide bonds. The summed E-state index contributed by atoms with van der Waals surface area (Å²) in [6, 6.07) is 11.0. The molecule has 2 aromatic rings. The third-order valence-corrected chi connectivity index (χ3v) is 5.41. The molecule has 1 unspecified atom stereocenters. The zero-order valence-electron chi connectivity index (χ0n) is 11.1. The Labute approximate surface area is 123 Å². The Morgan fingerprint density at radius 3 is 2.74 bits per heavy atom. The van der Waals surface area contributed by atoms with Crippen LogP contribution in [0.15, 0.2) is 30.3 Å². The van der Waals surface area contributed by atoms with Crippen molar-refractivity contribution >= 4 is 22.9 Å². The molecule has 0 fully saturated rings. The van der Waals surface area contributed by atoms with Crippen molar-refractivity contribution in [1.82, 2.24) is 5.32 Å². The number of hydrogen-bond donors (Lipinski definition) is 1. The van der Waals surface area contributed by atoms with Crippen LogP contribution in [0, 0.1) is 0 Å². The third-order valence-electron chi connectivity index (χ3n) is 3.81. The normalized spacial score (nSPS) is 15.5. The Hall–Kier alpha value is -0.830. The van der Waals surface area contributed by atoms with Crippen LogP contribution in [0.3, 0.4) is 0 Å². The monoisotopic (exact) mass is 291 g/mol. The minimum absolute atomic E-state index is 0.414. The van der Waals surface area contributed by atoms with Crippen LogP contribution in [-0.4, -0.2) is 7.05 Å². The minimum atomic E-state index is 0.414. The largest absolute Gasteiger partial charge is 0.312 e. The molecule has 0 spiro atoms. The van der Waals surface area contributed by atoms with E-state index in [1.807, 2.05) is 30.5 Å². The lowest BCUT2D eigenvalue weighted by atomic mass is 10.0. The van der Waals surface area contributed by atoms with E-state index in [9.17, 15) is 0 Å². The van der Waals surface area contributed by atoms with Gasteiger partial charge in [0.1, 0.15) is 0 Å². The molecule has 1 aliphatic rings. The number of thiophene rings is 1.